The molecule has 0 aliphatic rings. The van der Waals surface area contributed by atoms with Crippen molar-refractivity contribution in [1.82, 2.24) is 25.5 Å². The molecule has 0 amide bonds. The van der Waals surface area contributed by atoms with Crippen molar-refractivity contribution in [2.45, 2.75) is 11.7 Å². The fourth-order valence-corrected chi connectivity index (χ4v) is 3.37. The highest BCUT2D eigenvalue weighted by molar-refractivity contribution is 7.99. The second-order valence-electron chi connectivity index (χ2n) is 5.03. The quantitative estimate of drug-likeness (QED) is 0.495. The van der Waals surface area contributed by atoms with Gasteiger partial charge in [0, 0.05) is 35.0 Å². The minimum Gasteiger partial charge on any atom is -0.460 e. The molecule has 1 aromatic carbocycles. The van der Waals surface area contributed by atoms with E-state index in [1.165, 1.54) is 0 Å². The number of hydrogen-bond acceptors (Lipinski definition) is 6. The van der Waals surface area contributed by atoms with Crippen LogP contribution in [0.2, 0.25) is 10.0 Å². The molecule has 2 aromatic heterocycles. The van der Waals surface area contributed by atoms with Crippen LogP contribution in [0.4, 0.5) is 0 Å². The lowest BCUT2D eigenvalue weighted by molar-refractivity contribution is 0.499. The van der Waals surface area contributed by atoms with E-state index in [-0.39, 0.29) is 0 Å². The molecular weight excluding hydrogens is 369 g/mol. The lowest BCUT2D eigenvalue weighted by Crippen LogP contribution is -2.16. The Labute approximate surface area is 153 Å². The predicted octanol–water partition coefficient (Wildman–Crippen LogP) is 3.66. The van der Waals surface area contributed by atoms with E-state index in [0.717, 1.165) is 34.5 Å². The Morgan fingerprint density at radius 1 is 1.21 bits per heavy atom. The number of benzene rings is 1. The monoisotopic (exact) mass is 383 g/mol. The predicted molar refractivity (Wildman–Crippen MR) is 95.4 cm³/mol. The fourth-order valence-electron chi connectivity index (χ4n) is 2.09. The molecule has 0 saturated carbocycles. The van der Waals surface area contributed by atoms with Gasteiger partial charge in [-0.05, 0) is 40.8 Å². The van der Waals surface area contributed by atoms with Gasteiger partial charge in [-0.25, -0.2) is 4.68 Å². The summed E-state index contributed by atoms with van der Waals surface area (Å²) in [7, 11) is 1.82. The van der Waals surface area contributed by atoms with Crippen molar-refractivity contribution in [3.05, 3.63) is 46.1 Å². The first-order valence-electron chi connectivity index (χ1n) is 7.23. The standard InChI is InChI=1S/C15H15Cl2N5OS/c1-22-15(19-20-21-22)24-5-4-18-9-13-2-3-14(23-13)10-6-11(16)8-12(17)7-10/h2-3,6-8,18H,4-5,9H2,1H3. The zero-order valence-electron chi connectivity index (χ0n) is 12.9. The van der Waals surface area contributed by atoms with Crippen LogP contribution in [0.3, 0.4) is 0 Å². The van der Waals surface area contributed by atoms with Crippen LogP contribution in [0, 0.1) is 0 Å². The first-order chi connectivity index (χ1) is 11.6. The number of nitrogens with zero attached hydrogens (tertiary/aromatic N) is 4. The van der Waals surface area contributed by atoms with Gasteiger partial charge in [0.25, 0.3) is 0 Å². The Balaban J connectivity index is 1.48. The average molecular weight is 384 g/mol. The van der Waals surface area contributed by atoms with E-state index in [0.29, 0.717) is 16.6 Å². The van der Waals surface area contributed by atoms with Crippen LogP contribution in [0.15, 0.2) is 39.9 Å². The van der Waals surface area contributed by atoms with Crippen LogP contribution >= 0.6 is 35.0 Å². The second kappa shape index (κ2) is 8.02. The normalized spacial score (nSPS) is 11.1. The number of furan rings is 1. The lowest BCUT2D eigenvalue weighted by atomic mass is 10.2. The zero-order valence-corrected chi connectivity index (χ0v) is 15.2. The molecule has 9 heteroatoms. The van der Waals surface area contributed by atoms with Gasteiger partial charge in [-0.2, -0.15) is 0 Å². The summed E-state index contributed by atoms with van der Waals surface area (Å²) >= 11 is 13.6. The highest BCUT2D eigenvalue weighted by Gasteiger charge is 2.07. The van der Waals surface area contributed by atoms with E-state index in [1.807, 2.05) is 31.3 Å². The van der Waals surface area contributed by atoms with E-state index in [1.54, 1.807) is 22.5 Å². The summed E-state index contributed by atoms with van der Waals surface area (Å²) in [5, 5.41) is 16.6. The Hall–Kier alpha value is -1.54. The molecule has 24 heavy (non-hydrogen) atoms. The van der Waals surface area contributed by atoms with Crippen molar-refractivity contribution in [3.8, 4) is 11.3 Å². The van der Waals surface area contributed by atoms with Gasteiger partial charge in [0.1, 0.15) is 11.5 Å². The van der Waals surface area contributed by atoms with E-state index in [4.69, 9.17) is 27.6 Å². The molecule has 0 bridgehead atoms. The van der Waals surface area contributed by atoms with E-state index < -0.39 is 0 Å². The van der Waals surface area contributed by atoms with Gasteiger partial charge in [0.05, 0.1) is 6.54 Å². The van der Waals surface area contributed by atoms with Crippen LogP contribution in [-0.4, -0.2) is 32.5 Å². The number of hydrogen-bond donors (Lipinski definition) is 1. The van der Waals surface area contributed by atoms with E-state index >= 15 is 0 Å². The topological polar surface area (TPSA) is 68.8 Å². The van der Waals surface area contributed by atoms with E-state index in [2.05, 4.69) is 20.8 Å². The number of aryl methyl sites for hydroxylation is 1. The van der Waals surface area contributed by atoms with Crippen molar-refractivity contribution >= 4 is 35.0 Å². The number of tetrazole rings is 1. The molecule has 0 fully saturated rings. The average Bonchev–Trinajstić information content (AvgIpc) is 3.15. The second-order valence-corrected chi connectivity index (χ2v) is 6.97. The Morgan fingerprint density at radius 3 is 2.71 bits per heavy atom. The Morgan fingerprint density at radius 2 is 2.00 bits per heavy atom. The van der Waals surface area contributed by atoms with Crippen LogP contribution in [-0.2, 0) is 13.6 Å². The molecule has 0 aliphatic carbocycles. The zero-order chi connectivity index (χ0) is 16.9. The van der Waals surface area contributed by atoms with Crippen LogP contribution in [0.5, 0.6) is 0 Å². The third kappa shape index (κ3) is 4.51. The summed E-state index contributed by atoms with van der Waals surface area (Å²) in [6.45, 7) is 1.46. The van der Waals surface area contributed by atoms with Crippen molar-refractivity contribution < 1.29 is 4.42 Å². The lowest BCUT2D eigenvalue weighted by Gasteiger charge is -2.03. The van der Waals surface area contributed by atoms with Gasteiger partial charge < -0.3 is 9.73 Å². The number of rotatable bonds is 7. The van der Waals surface area contributed by atoms with Crippen LogP contribution in [0.25, 0.3) is 11.3 Å². The minimum absolute atomic E-state index is 0.587. The van der Waals surface area contributed by atoms with Crippen LogP contribution in [0.1, 0.15) is 5.76 Å². The summed E-state index contributed by atoms with van der Waals surface area (Å²) in [5.74, 6) is 2.47. The summed E-state index contributed by atoms with van der Waals surface area (Å²) < 4.78 is 7.48. The molecule has 0 aliphatic heterocycles. The third-order valence-corrected chi connectivity index (χ3v) is 4.65. The minimum atomic E-state index is 0.587. The van der Waals surface area contributed by atoms with E-state index in [9.17, 15) is 0 Å². The first-order valence-corrected chi connectivity index (χ1v) is 8.97. The van der Waals surface area contributed by atoms with Crippen LogP contribution < -0.4 is 5.32 Å². The van der Waals surface area contributed by atoms with Gasteiger partial charge in [0.2, 0.25) is 5.16 Å². The molecular formula is C15H15Cl2N5OS. The maximum Gasteiger partial charge on any atom is 0.209 e. The SMILES string of the molecule is Cn1nnnc1SCCNCc1ccc(-c2cc(Cl)cc(Cl)c2)o1. The number of aromatic nitrogens is 4. The van der Waals surface area contributed by atoms with Crippen molar-refractivity contribution in [2.75, 3.05) is 12.3 Å². The van der Waals surface area contributed by atoms with Crippen molar-refractivity contribution in [3.63, 3.8) is 0 Å². The highest BCUT2D eigenvalue weighted by atomic mass is 35.5. The largest absolute Gasteiger partial charge is 0.460 e. The molecule has 6 nitrogen and oxygen atoms in total. The number of thioether (sulfide) groups is 1. The highest BCUT2D eigenvalue weighted by Crippen LogP contribution is 2.28. The number of nitrogens with one attached hydrogen (secondary N) is 1. The molecule has 3 aromatic rings. The van der Waals surface area contributed by atoms with Gasteiger partial charge >= 0.3 is 0 Å². The first kappa shape index (κ1) is 17.3. The number of halogens is 2. The van der Waals surface area contributed by atoms with Gasteiger partial charge in [0.15, 0.2) is 0 Å². The summed E-state index contributed by atoms with van der Waals surface area (Å²) in [5.41, 5.74) is 0.865. The molecule has 0 atom stereocenters. The molecule has 0 unspecified atom stereocenters. The molecule has 1 N–H and O–H groups in total. The third-order valence-electron chi connectivity index (χ3n) is 3.20. The maximum atomic E-state index is 6.02. The van der Waals surface area contributed by atoms with Gasteiger partial charge in [-0.3, -0.25) is 0 Å². The van der Waals surface area contributed by atoms with Gasteiger partial charge in [-0.15, -0.1) is 5.10 Å². The Bertz CT molecular complexity index is 800. The molecule has 0 radical (unpaired) electrons. The summed E-state index contributed by atoms with van der Waals surface area (Å²) in [6, 6.07) is 9.21. The maximum absolute atomic E-state index is 6.02. The summed E-state index contributed by atoms with van der Waals surface area (Å²) in [6.07, 6.45) is 0. The Kier molecular flexibility index (Phi) is 5.78. The summed E-state index contributed by atoms with van der Waals surface area (Å²) in [4.78, 5) is 0. The molecule has 0 spiro atoms. The van der Waals surface area contributed by atoms with Gasteiger partial charge in [-0.1, -0.05) is 35.0 Å². The van der Waals surface area contributed by atoms with Crippen molar-refractivity contribution in [2.24, 2.45) is 7.05 Å². The molecule has 126 valence electrons. The molecule has 2 heterocycles. The smallest absolute Gasteiger partial charge is 0.209 e. The molecule has 3 rings (SSSR count). The molecule has 0 saturated heterocycles. The fraction of sp³-hybridized carbons (Fsp3) is 0.267. The van der Waals surface area contributed by atoms with Crippen molar-refractivity contribution in [1.29, 1.82) is 0 Å².